The van der Waals surface area contributed by atoms with Crippen LogP contribution < -0.4 is 0 Å². The zero-order valence-electron chi connectivity index (χ0n) is 9.27. The summed E-state index contributed by atoms with van der Waals surface area (Å²) in [6, 6.07) is 6.06. The molecule has 0 radical (unpaired) electrons. The third-order valence-corrected chi connectivity index (χ3v) is 4.08. The highest BCUT2D eigenvalue weighted by atomic mass is 79.9. The Morgan fingerprint density at radius 2 is 2.19 bits per heavy atom. The summed E-state index contributed by atoms with van der Waals surface area (Å²) in [4.78, 5) is 4.51. The topological polar surface area (TPSA) is 33.1 Å². The van der Waals surface area contributed by atoms with E-state index in [2.05, 4.69) is 27.0 Å². The minimum absolute atomic E-state index is 0.277. The van der Waals surface area contributed by atoms with Crippen LogP contribution in [0.15, 0.2) is 22.7 Å². The first-order valence-corrected chi connectivity index (χ1v) is 6.90. The Labute approximate surface area is 107 Å². The van der Waals surface area contributed by atoms with E-state index in [9.17, 15) is 5.11 Å². The van der Waals surface area contributed by atoms with E-state index in [0.29, 0.717) is 6.42 Å². The second kappa shape index (κ2) is 4.82. The highest BCUT2D eigenvalue weighted by Gasteiger charge is 2.13. The van der Waals surface area contributed by atoms with Gasteiger partial charge in [-0.15, -0.1) is 11.3 Å². The van der Waals surface area contributed by atoms with Crippen molar-refractivity contribution in [3.05, 3.63) is 27.7 Å². The molecule has 0 aliphatic heterocycles. The lowest BCUT2D eigenvalue weighted by molar-refractivity contribution is 0.125. The highest BCUT2D eigenvalue weighted by molar-refractivity contribution is 9.10. The predicted molar refractivity (Wildman–Crippen MR) is 71.9 cm³/mol. The first-order chi connectivity index (χ1) is 7.56. The number of aliphatic hydroxyl groups excluding tert-OH is 1. The molecule has 0 aliphatic rings. The number of hydrogen-bond donors (Lipinski definition) is 1. The van der Waals surface area contributed by atoms with Gasteiger partial charge in [0.25, 0.3) is 0 Å². The lowest BCUT2D eigenvalue weighted by Gasteiger charge is -2.11. The molecule has 16 heavy (non-hydrogen) atoms. The molecule has 1 aromatic carbocycles. The fraction of sp³-hybridized carbons (Fsp3) is 0.417. The Morgan fingerprint density at radius 1 is 1.44 bits per heavy atom. The number of benzene rings is 1. The third kappa shape index (κ3) is 2.62. The molecule has 0 amide bonds. The van der Waals surface area contributed by atoms with E-state index in [-0.39, 0.29) is 12.0 Å². The van der Waals surface area contributed by atoms with Gasteiger partial charge in [-0.25, -0.2) is 4.98 Å². The molecular weight excluding hydrogens is 286 g/mol. The minimum Gasteiger partial charge on any atom is -0.392 e. The number of thiazole rings is 1. The lowest BCUT2D eigenvalue weighted by Crippen LogP contribution is -2.17. The minimum atomic E-state index is -0.302. The number of nitrogens with zero attached hydrogens (tertiary/aromatic N) is 1. The van der Waals surface area contributed by atoms with Crippen molar-refractivity contribution >= 4 is 37.5 Å². The van der Waals surface area contributed by atoms with Crippen LogP contribution in [0.25, 0.3) is 10.2 Å². The molecule has 0 spiro atoms. The summed E-state index contributed by atoms with van der Waals surface area (Å²) in [5.74, 6) is 0.277. The second-order valence-electron chi connectivity index (χ2n) is 4.24. The Morgan fingerprint density at radius 3 is 2.88 bits per heavy atom. The van der Waals surface area contributed by atoms with Crippen molar-refractivity contribution in [1.29, 1.82) is 0 Å². The fourth-order valence-electron chi connectivity index (χ4n) is 1.45. The molecule has 2 aromatic rings. The Kier molecular flexibility index (Phi) is 3.62. The zero-order valence-corrected chi connectivity index (χ0v) is 11.7. The van der Waals surface area contributed by atoms with Crippen LogP contribution in [0.1, 0.15) is 18.9 Å². The molecule has 2 nitrogen and oxygen atoms in total. The summed E-state index contributed by atoms with van der Waals surface area (Å²) in [5, 5.41) is 10.8. The number of hydrogen-bond acceptors (Lipinski definition) is 3. The third-order valence-electron chi connectivity index (χ3n) is 2.55. The summed E-state index contributed by atoms with van der Waals surface area (Å²) in [5.41, 5.74) is 1.01. The first-order valence-electron chi connectivity index (χ1n) is 5.29. The molecule has 1 heterocycles. The molecule has 1 unspecified atom stereocenters. The maximum absolute atomic E-state index is 9.82. The Hall–Kier alpha value is -0.450. The summed E-state index contributed by atoms with van der Waals surface area (Å²) in [6.45, 7) is 4.04. The summed E-state index contributed by atoms with van der Waals surface area (Å²) >= 11 is 5.10. The standard InChI is InChI=1S/C12H14BrNOS/c1-7(2)10(15)6-12-14-9-4-3-8(13)5-11(9)16-12/h3-5,7,10,15H,6H2,1-2H3. The van der Waals surface area contributed by atoms with Gasteiger partial charge in [0.05, 0.1) is 21.3 Å². The van der Waals surface area contributed by atoms with Gasteiger partial charge in [0.15, 0.2) is 0 Å². The molecule has 1 atom stereocenters. The SMILES string of the molecule is CC(C)C(O)Cc1nc2ccc(Br)cc2s1. The lowest BCUT2D eigenvalue weighted by atomic mass is 10.1. The van der Waals surface area contributed by atoms with Gasteiger partial charge in [0.2, 0.25) is 0 Å². The molecule has 2 rings (SSSR count). The van der Waals surface area contributed by atoms with Gasteiger partial charge in [-0.2, -0.15) is 0 Å². The first kappa shape index (κ1) is 12.0. The summed E-state index contributed by atoms with van der Waals surface area (Å²) < 4.78 is 2.24. The van der Waals surface area contributed by atoms with Crippen LogP contribution in [0.2, 0.25) is 0 Å². The van der Waals surface area contributed by atoms with E-state index in [4.69, 9.17) is 0 Å². The normalized spacial score (nSPS) is 13.6. The summed E-state index contributed by atoms with van der Waals surface area (Å²) in [6.07, 6.45) is 0.346. The Bertz CT molecular complexity index is 495. The van der Waals surface area contributed by atoms with Crippen molar-refractivity contribution in [2.45, 2.75) is 26.4 Å². The molecule has 86 valence electrons. The smallest absolute Gasteiger partial charge is 0.0964 e. The van der Waals surface area contributed by atoms with Crippen molar-refractivity contribution in [2.75, 3.05) is 0 Å². The predicted octanol–water partition coefficient (Wildman–Crippen LogP) is 3.62. The number of rotatable bonds is 3. The molecule has 0 bridgehead atoms. The largest absolute Gasteiger partial charge is 0.392 e. The average molecular weight is 300 g/mol. The van der Waals surface area contributed by atoms with Gasteiger partial charge < -0.3 is 5.11 Å². The van der Waals surface area contributed by atoms with Crippen LogP contribution in [-0.2, 0) is 6.42 Å². The quantitative estimate of drug-likeness (QED) is 0.939. The van der Waals surface area contributed by atoms with Crippen molar-refractivity contribution in [3.8, 4) is 0 Å². The van der Waals surface area contributed by atoms with E-state index < -0.39 is 0 Å². The molecule has 0 aliphatic carbocycles. The van der Waals surface area contributed by atoms with Crippen LogP contribution >= 0.6 is 27.3 Å². The molecular formula is C12H14BrNOS. The van der Waals surface area contributed by atoms with Crippen LogP contribution in [0.3, 0.4) is 0 Å². The van der Waals surface area contributed by atoms with Crippen LogP contribution in [-0.4, -0.2) is 16.2 Å². The fourth-order valence-corrected chi connectivity index (χ4v) is 3.02. The van der Waals surface area contributed by atoms with E-state index in [1.54, 1.807) is 11.3 Å². The van der Waals surface area contributed by atoms with Crippen LogP contribution in [0, 0.1) is 5.92 Å². The van der Waals surface area contributed by atoms with Gasteiger partial charge in [-0.3, -0.25) is 0 Å². The second-order valence-corrected chi connectivity index (χ2v) is 6.27. The number of aromatic nitrogens is 1. The number of halogens is 1. The maximum Gasteiger partial charge on any atom is 0.0964 e. The molecule has 0 saturated carbocycles. The number of aliphatic hydroxyl groups is 1. The monoisotopic (exact) mass is 299 g/mol. The van der Waals surface area contributed by atoms with E-state index in [1.807, 2.05) is 26.0 Å². The number of fused-ring (bicyclic) bond motifs is 1. The molecule has 0 saturated heterocycles. The molecule has 1 aromatic heterocycles. The van der Waals surface area contributed by atoms with E-state index >= 15 is 0 Å². The van der Waals surface area contributed by atoms with E-state index in [0.717, 1.165) is 15.0 Å². The molecule has 0 fully saturated rings. The maximum atomic E-state index is 9.82. The van der Waals surface area contributed by atoms with Crippen molar-refractivity contribution in [1.82, 2.24) is 4.98 Å². The van der Waals surface area contributed by atoms with Crippen LogP contribution in [0.5, 0.6) is 0 Å². The van der Waals surface area contributed by atoms with Gasteiger partial charge in [0.1, 0.15) is 0 Å². The van der Waals surface area contributed by atoms with Gasteiger partial charge in [-0.1, -0.05) is 29.8 Å². The molecule has 1 N–H and O–H groups in total. The van der Waals surface area contributed by atoms with E-state index in [1.165, 1.54) is 4.70 Å². The highest BCUT2D eigenvalue weighted by Crippen LogP contribution is 2.26. The van der Waals surface area contributed by atoms with Gasteiger partial charge in [-0.05, 0) is 24.1 Å². The van der Waals surface area contributed by atoms with Crippen molar-refractivity contribution in [2.24, 2.45) is 5.92 Å². The van der Waals surface area contributed by atoms with Gasteiger partial charge in [0, 0.05) is 10.9 Å². The van der Waals surface area contributed by atoms with Gasteiger partial charge >= 0.3 is 0 Å². The summed E-state index contributed by atoms with van der Waals surface area (Å²) in [7, 11) is 0. The average Bonchev–Trinajstić information content (AvgIpc) is 2.58. The van der Waals surface area contributed by atoms with Crippen molar-refractivity contribution < 1.29 is 5.11 Å². The van der Waals surface area contributed by atoms with Crippen molar-refractivity contribution in [3.63, 3.8) is 0 Å². The molecule has 4 heteroatoms. The Balaban J connectivity index is 2.26. The van der Waals surface area contributed by atoms with Crippen LogP contribution in [0.4, 0.5) is 0 Å². The zero-order chi connectivity index (χ0) is 11.7.